The Kier molecular flexibility index (Phi) is 11.0. The van der Waals surface area contributed by atoms with Gasteiger partial charge in [-0.15, -0.1) is 0 Å². The molecule has 0 bridgehead atoms. The van der Waals surface area contributed by atoms with Crippen LogP contribution in [-0.2, 0) is 14.3 Å². The predicted octanol–water partition coefficient (Wildman–Crippen LogP) is 0.575. The molecule has 6 heteroatoms. The van der Waals surface area contributed by atoms with E-state index in [1.807, 2.05) is 0 Å². The summed E-state index contributed by atoms with van der Waals surface area (Å²) in [6.07, 6.45) is 1.49. The van der Waals surface area contributed by atoms with Crippen LogP contribution in [0.4, 0.5) is 0 Å². The first-order valence-corrected chi connectivity index (χ1v) is 6.46. The molecule has 0 aromatic heterocycles. The van der Waals surface area contributed by atoms with E-state index in [9.17, 15) is 4.79 Å². The first-order valence-electron chi connectivity index (χ1n) is 5.31. The molecule has 1 atom stereocenters. The predicted molar refractivity (Wildman–Crippen MR) is 64.9 cm³/mol. The third-order valence-corrected chi connectivity index (χ3v) is 3.00. The molecule has 96 valence electrons. The molecule has 0 heterocycles. The van der Waals surface area contributed by atoms with Crippen LogP contribution in [0.15, 0.2) is 0 Å². The van der Waals surface area contributed by atoms with E-state index < -0.39 is 12.0 Å². The molecule has 0 aliphatic rings. The number of carboxylic acid groups (broad SMARTS) is 1. The second-order valence-electron chi connectivity index (χ2n) is 3.30. The minimum Gasteiger partial charge on any atom is -0.480 e. The fourth-order valence-corrected chi connectivity index (χ4v) is 1.89. The summed E-state index contributed by atoms with van der Waals surface area (Å²) in [6, 6.07) is -0.731. The first-order chi connectivity index (χ1) is 7.68. The molecule has 0 rings (SSSR count). The molecule has 5 nitrogen and oxygen atoms in total. The Balaban J connectivity index is 3.07. The molecule has 0 amide bonds. The Morgan fingerprint density at radius 2 is 2.12 bits per heavy atom. The second-order valence-corrected chi connectivity index (χ2v) is 4.53. The zero-order valence-electron chi connectivity index (χ0n) is 9.68. The van der Waals surface area contributed by atoms with Gasteiger partial charge in [-0.3, -0.25) is 4.79 Å². The number of carboxylic acids is 1. The van der Waals surface area contributed by atoms with E-state index in [-0.39, 0.29) is 0 Å². The van der Waals surface area contributed by atoms with Crippen molar-refractivity contribution in [3.05, 3.63) is 0 Å². The fourth-order valence-electron chi connectivity index (χ4n) is 0.943. The quantitative estimate of drug-likeness (QED) is 0.523. The van der Waals surface area contributed by atoms with E-state index in [0.29, 0.717) is 19.6 Å². The molecule has 0 saturated carbocycles. The molecule has 0 spiro atoms. The SMILES string of the molecule is COCCOCCCSCCC(N)C(=O)O. The van der Waals surface area contributed by atoms with E-state index in [4.69, 9.17) is 20.3 Å². The van der Waals surface area contributed by atoms with Crippen LogP contribution in [0.25, 0.3) is 0 Å². The molecule has 1 unspecified atom stereocenters. The summed E-state index contributed by atoms with van der Waals surface area (Å²) in [5, 5.41) is 8.54. The van der Waals surface area contributed by atoms with Crippen LogP contribution in [0.5, 0.6) is 0 Å². The summed E-state index contributed by atoms with van der Waals surface area (Å²) in [4.78, 5) is 10.4. The van der Waals surface area contributed by atoms with Crippen LogP contribution in [0.2, 0.25) is 0 Å². The summed E-state index contributed by atoms with van der Waals surface area (Å²) in [5.41, 5.74) is 5.36. The Morgan fingerprint density at radius 3 is 2.75 bits per heavy atom. The topological polar surface area (TPSA) is 81.8 Å². The van der Waals surface area contributed by atoms with Crippen molar-refractivity contribution in [1.29, 1.82) is 0 Å². The molecule has 0 fully saturated rings. The molecule has 0 radical (unpaired) electrons. The molecule has 0 aromatic carbocycles. The van der Waals surface area contributed by atoms with Crippen molar-refractivity contribution < 1.29 is 19.4 Å². The molecule has 0 saturated heterocycles. The van der Waals surface area contributed by atoms with Gasteiger partial charge in [-0.1, -0.05) is 0 Å². The van der Waals surface area contributed by atoms with Crippen LogP contribution in [0.3, 0.4) is 0 Å². The number of aliphatic carboxylic acids is 1. The molecule has 0 aliphatic carbocycles. The number of hydrogen-bond acceptors (Lipinski definition) is 5. The fraction of sp³-hybridized carbons (Fsp3) is 0.900. The van der Waals surface area contributed by atoms with Crippen molar-refractivity contribution in [2.45, 2.75) is 18.9 Å². The lowest BCUT2D eigenvalue weighted by Gasteiger charge is -2.06. The van der Waals surface area contributed by atoms with Gasteiger partial charge in [-0.05, 0) is 24.3 Å². The minimum atomic E-state index is -0.927. The van der Waals surface area contributed by atoms with Crippen LogP contribution in [0.1, 0.15) is 12.8 Å². The van der Waals surface area contributed by atoms with E-state index in [0.717, 1.165) is 24.5 Å². The van der Waals surface area contributed by atoms with Gasteiger partial charge in [-0.25, -0.2) is 0 Å². The molecule has 0 aliphatic heterocycles. The van der Waals surface area contributed by atoms with Gasteiger partial charge in [0, 0.05) is 13.7 Å². The molecule has 16 heavy (non-hydrogen) atoms. The zero-order chi connectivity index (χ0) is 12.2. The number of hydrogen-bond donors (Lipinski definition) is 2. The van der Waals surface area contributed by atoms with Gasteiger partial charge < -0.3 is 20.3 Å². The van der Waals surface area contributed by atoms with Gasteiger partial charge in [-0.2, -0.15) is 11.8 Å². The highest BCUT2D eigenvalue weighted by molar-refractivity contribution is 7.99. The number of ether oxygens (including phenoxy) is 2. The number of rotatable bonds is 11. The second kappa shape index (κ2) is 11.2. The lowest BCUT2D eigenvalue weighted by Crippen LogP contribution is -2.30. The largest absolute Gasteiger partial charge is 0.480 e. The minimum absolute atomic E-state index is 0.518. The highest BCUT2D eigenvalue weighted by Gasteiger charge is 2.09. The third kappa shape index (κ3) is 10.2. The maximum absolute atomic E-state index is 10.4. The Bertz CT molecular complexity index is 180. The average Bonchev–Trinajstić information content (AvgIpc) is 2.26. The number of nitrogens with two attached hydrogens (primary N) is 1. The molecule has 0 aromatic rings. The summed E-state index contributed by atoms with van der Waals surface area (Å²) >= 11 is 1.71. The summed E-state index contributed by atoms with van der Waals surface area (Å²) < 4.78 is 10.1. The highest BCUT2D eigenvalue weighted by Crippen LogP contribution is 2.06. The van der Waals surface area contributed by atoms with Crippen molar-refractivity contribution in [2.24, 2.45) is 5.73 Å². The number of thioether (sulfide) groups is 1. The van der Waals surface area contributed by atoms with Crippen molar-refractivity contribution in [1.82, 2.24) is 0 Å². The Labute approximate surface area is 101 Å². The number of carbonyl (C=O) groups is 1. The van der Waals surface area contributed by atoms with Crippen molar-refractivity contribution in [3.63, 3.8) is 0 Å². The van der Waals surface area contributed by atoms with Gasteiger partial charge in [0.2, 0.25) is 0 Å². The van der Waals surface area contributed by atoms with E-state index in [2.05, 4.69) is 0 Å². The summed E-state index contributed by atoms with van der Waals surface area (Å²) in [7, 11) is 1.64. The lowest BCUT2D eigenvalue weighted by atomic mass is 10.2. The standard InChI is InChI=1S/C10H21NO4S/c1-14-5-6-15-4-2-7-16-8-3-9(11)10(12)13/h9H,2-8,11H2,1H3,(H,12,13). The Hall–Kier alpha value is -0.300. The van der Waals surface area contributed by atoms with Crippen LogP contribution in [0, 0.1) is 0 Å². The summed E-state index contributed by atoms with van der Waals surface area (Å²) in [6.45, 7) is 1.98. The maximum atomic E-state index is 10.4. The smallest absolute Gasteiger partial charge is 0.320 e. The van der Waals surface area contributed by atoms with E-state index >= 15 is 0 Å². The maximum Gasteiger partial charge on any atom is 0.320 e. The van der Waals surface area contributed by atoms with E-state index in [1.165, 1.54) is 0 Å². The van der Waals surface area contributed by atoms with Gasteiger partial charge in [0.05, 0.1) is 13.2 Å². The van der Waals surface area contributed by atoms with Gasteiger partial charge in [0.1, 0.15) is 6.04 Å². The molecule has 3 N–H and O–H groups in total. The summed E-state index contributed by atoms with van der Waals surface area (Å²) in [5.74, 6) is 0.828. The van der Waals surface area contributed by atoms with Gasteiger partial charge in [0.25, 0.3) is 0 Å². The Morgan fingerprint density at radius 1 is 1.38 bits per heavy atom. The van der Waals surface area contributed by atoms with Crippen molar-refractivity contribution in [2.75, 3.05) is 38.4 Å². The zero-order valence-corrected chi connectivity index (χ0v) is 10.5. The van der Waals surface area contributed by atoms with Crippen LogP contribution >= 0.6 is 11.8 Å². The van der Waals surface area contributed by atoms with Crippen LogP contribution < -0.4 is 5.73 Å². The van der Waals surface area contributed by atoms with Crippen molar-refractivity contribution in [3.8, 4) is 0 Å². The molecular weight excluding hydrogens is 230 g/mol. The van der Waals surface area contributed by atoms with Gasteiger partial charge in [0.15, 0.2) is 0 Å². The first kappa shape index (κ1) is 15.7. The average molecular weight is 251 g/mol. The molecular formula is C10H21NO4S. The van der Waals surface area contributed by atoms with Crippen LogP contribution in [-0.4, -0.2) is 55.6 Å². The highest BCUT2D eigenvalue weighted by atomic mass is 32.2. The normalized spacial score (nSPS) is 12.6. The van der Waals surface area contributed by atoms with E-state index in [1.54, 1.807) is 18.9 Å². The van der Waals surface area contributed by atoms with Gasteiger partial charge >= 0.3 is 5.97 Å². The third-order valence-electron chi connectivity index (χ3n) is 1.90. The monoisotopic (exact) mass is 251 g/mol. The lowest BCUT2D eigenvalue weighted by molar-refractivity contribution is -0.138. The number of methoxy groups -OCH3 is 1. The van der Waals surface area contributed by atoms with Crippen molar-refractivity contribution >= 4 is 17.7 Å².